The van der Waals surface area contributed by atoms with Crippen molar-refractivity contribution in [2.75, 3.05) is 6.61 Å². The summed E-state index contributed by atoms with van der Waals surface area (Å²) >= 11 is 0. The minimum Gasteiger partial charge on any atom is -0.375 e. The van der Waals surface area contributed by atoms with Gasteiger partial charge in [-0.3, -0.25) is 4.79 Å². The number of fused-ring (bicyclic) bond motifs is 2. The summed E-state index contributed by atoms with van der Waals surface area (Å²) in [5, 5.41) is 0. The second-order valence-corrected chi connectivity index (χ2v) is 5.34. The van der Waals surface area contributed by atoms with Crippen LogP contribution in [-0.2, 0) is 14.3 Å². The molecule has 0 aromatic carbocycles. The van der Waals surface area contributed by atoms with Gasteiger partial charge in [-0.1, -0.05) is 0 Å². The zero-order valence-electron chi connectivity index (χ0n) is 9.20. The van der Waals surface area contributed by atoms with E-state index in [2.05, 4.69) is 6.92 Å². The van der Waals surface area contributed by atoms with Gasteiger partial charge in [-0.15, -0.1) is 0 Å². The summed E-state index contributed by atoms with van der Waals surface area (Å²) < 4.78 is 11.7. The van der Waals surface area contributed by atoms with Gasteiger partial charge in [-0.05, 0) is 26.2 Å². The Hall–Kier alpha value is -0.410. The minimum absolute atomic E-state index is 0.241. The van der Waals surface area contributed by atoms with Crippen LogP contribution < -0.4 is 0 Å². The monoisotopic (exact) mass is 210 g/mol. The van der Waals surface area contributed by atoms with Crippen molar-refractivity contribution in [3.05, 3.63) is 0 Å². The Morgan fingerprint density at radius 3 is 2.87 bits per heavy atom. The maximum atomic E-state index is 11.5. The Balaban J connectivity index is 1.77. The number of hydrogen-bond acceptors (Lipinski definition) is 3. The van der Waals surface area contributed by atoms with E-state index in [0.29, 0.717) is 43.4 Å². The topological polar surface area (TPSA) is 35.5 Å². The quantitative estimate of drug-likeness (QED) is 0.660. The fraction of sp³-hybridized carbons (Fsp3) is 0.917. The van der Waals surface area contributed by atoms with Crippen LogP contribution in [0.5, 0.6) is 0 Å². The normalized spacial score (nSPS) is 49.9. The Labute approximate surface area is 90.1 Å². The minimum atomic E-state index is -0.241. The maximum Gasteiger partial charge on any atom is 0.138 e. The average molecular weight is 210 g/mol. The van der Waals surface area contributed by atoms with Crippen LogP contribution in [0.2, 0.25) is 0 Å². The SMILES string of the molecule is CC1(C2CC3CCC2O3)CC(=O)CCO1. The summed E-state index contributed by atoms with van der Waals surface area (Å²) in [4.78, 5) is 11.5. The molecule has 0 aromatic heterocycles. The van der Waals surface area contributed by atoms with Crippen molar-refractivity contribution >= 4 is 5.78 Å². The van der Waals surface area contributed by atoms with Gasteiger partial charge in [0.25, 0.3) is 0 Å². The van der Waals surface area contributed by atoms with Gasteiger partial charge >= 0.3 is 0 Å². The predicted molar refractivity (Wildman–Crippen MR) is 54.6 cm³/mol. The van der Waals surface area contributed by atoms with Gasteiger partial charge in [0.15, 0.2) is 0 Å². The second kappa shape index (κ2) is 3.29. The lowest BCUT2D eigenvalue weighted by Gasteiger charge is -2.40. The zero-order valence-corrected chi connectivity index (χ0v) is 9.20. The van der Waals surface area contributed by atoms with Gasteiger partial charge in [0.2, 0.25) is 0 Å². The van der Waals surface area contributed by atoms with E-state index < -0.39 is 0 Å². The fourth-order valence-corrected chi connectivity index (χ4v) is 3.45. The molecule has 3 heteroatoms. The Morgan fingerprint density at radius 1 is 1.40 bits per heavy atom. The molecule has 3 nitrogen and oxygen atoms in total. The summed E-state index contributed by atoms with van der Waals surface area (Å²) in [5.74, 6) is 0.798. The first kappa shape index (κ1) is 9.79. The zero-order chi connectivity index (χ0) is 10.5. The van der Waals surface area contributed by atoms with Gasteiger partial charge in [0.1, 0.15) is 5.78 Å². The van der Waals surface area contributed by atoms with Crippen molar-refractivity contribution in [2.24, 2.45) is 5.92 Å². The van der Waals surface area contributed by atoms with Crippen LogP contribution in [0.3, 0.4) is 0 Å². The first-order valence-electron chi connectivity index (χ1n) is 5.98. The molecule has 3 fully saturated rings. The molecule has 3 aliphatic rings. The highest BCUT2D eigenvalue weighted by atomic mass is 16.5. The lowest BCUT2D eigenvalue weighted by molar-refractivity contribution is -0.149. The molecule has 4 unspecified atom stereocenters. The molecule has 3 aliphatic heterocycles. The standard InChI is InChI=1S/C12H18O3/c1-12(7-8(13)4-5-14-12)10-6-9-2-3-11(10)15-9/h9-11H,2-7H2,1H3. The third-order valence-electron chi connectivity index (χ3n) is 4.25. The molecule has 2 bridgehead atoms. The molecule has 0 N–H and O–H groups in total. The number of rotatable bonds is 1. The smallest absolute Gasteiger partial charge is 0.138 e. The number of ketones is 1. The molecule has 4 atom stereocenters. The predicted octanol–water partition coefficient (Wildman–Crippen LogP) is 1.69. The van der Waals surface area contributed by atoms with E-state index in [1.165, 1.54) is 6.42 Å². The van der Waals surface area contributed by atoms with Crippen LogP contribution >= 0.6 is 0 Å². The van der Waals surface area contributed by atoms with Crippen LogP contribution in [0.15, 0.2) is 0 Å². The molecule has 0 saturated carbocycles. The van der Waals surface area contributed by atoms with Crippen molar-refractivity contribution in [2.45, 2.75) is 56.8 Å². The van der Waals surface area contributed by atoms with Crippen molar-refractivity contribution < 1.29 is 14.3 Å². The summed E-state index contributed by atoms with van der Waals surface area (Å²) in [6.07, 6.45) is 5.42. The lowest BCUT2D eigenvalue weighted by atomic mass is 9.74. The number of ether oxygens (including phenoxy) is 2. The number of carbonyl (C=O) groups is 1. The van der Waals surface area contributed by atoms with Crippen LogP contribution in [-0.4, -0.2) is 30.2 Å². The third-order valence-corrected chi connectivity index (χ3v) is 4.25. The molecule has 84 valence electrons. The van der Waals surface area contributed by atoms with Crippen LogP contribution in [0.4, 0.5) is 0 Å². The highest BCUT2D eigenvalue weighted by molar-refractivity contribution is 5.80. The molecule has 0 amide bonds. The number of carbonyl (C=O) groups excluding carboxylic acids is 1. The highest BCUT2D eigenvalue weighted by Crippen LogP contribution is 2.47. The van der Waals surface area contributed by atoms with Crippen LogP contribution in [0, 0.1) is 5.92 Å². The van der Waals surface area contributed by atoms with E-state index in [4.69, 9.17) is 9.47 Å². The van der Waals surface area contributed by atoms with Gasteiger partial charge in [0.05, 0.1) is 24.4 Å². The van der Waals surface area contributed by atoms with Gasteiger partial charge in [-0.25, -0.2) is 0 Å². The van der Waals surface area contributed by atoms with Crippen molar-refractivity contribution in [3.63, 3.8) is 0 Å². The fourth-order valence-electron chi connectivity index (χ4n) is 3.45. The molecule has 3 rings (SSSR count). The summed E-state index contributed by atoms with van der Waals surface area (Å²) in [6.45, 7) is 2.70. The lowest BCUT2D eigenvalue weighted by Crippen LogP contribution is -2.47. The van der Waals surface area contributed by atoms with E-state index >= 15 is 0 Å². The summed E-state index contributed by atoms with van der Waals surface area (Å²) in [6, 6.07) is 0. The first-order valence-corrected chi connectivity index (χ1v) is 5.98. The molecular weight excluding hydrogens is 192 g/mol. The largest absolute Gasteiger partial charge is 0.375 e. The van der Waals surface area contributed by atoms with E-state index in [-0.39, 0.29) is 5.60 Å². The second-order valence-electron chi connectivity index (χ2n) is 5.34. The molecular formula is C12H18O3. The molecule has 15 heavy (non-hydrogen) atoms. The van der Waals surface area contributed by atoms with Crippen molar-refractivity contribution in [1.29, 1.82) is 0 Å². The highest BCUT2D eigenvalue weighted by Gasteiger charge is 2.51. The summed E-state index contributed by atoms with van der Waals surface area (Å²) in [7, 11) is 0. The van der Waals surface area contributed by atoms with Crippen molar-refractivity contribution in [1.82, 2.24) is 0 Å². The van der Waals surface area contributed by atoms with E-state index in [1.807, 2.05) is 0 Å². The molecule has 0 radical (unpaired) electrons. The van der Waals surface area contributed by atoms with E-state index in [0.717, 1.165) is 12.8 Å². The molecule has 0 aromatic rings. The van der Waals surface area contributed by atoms with Crippen LogP contribution in [0.25, 0.3) is 0 Å². The summed E-state index contributed by atoms with van der Waals surface area (Å²) in [5.41, 5.74) is -0.241. The first-order chi connectivity index (χ1) is 7.17. The van der Waals surface area contributed by atoms with E-state index in [1.54, 1.807) is 0 Å². The maximum absolute atomic E-state index is 11.5. The molecule has 0 aliphatic carbocycles. The Bertz CT molecular complexity index is 289. The van der Waals surface area contributed by atoms with Gasteiger partial charge in [0, 0.05) is 18.8 Å². The third kappa shape index (κ3) is 1.53. The molecule has 3 heterocycles. The number of hydrogen-bond donors (Lipinski definition) is 0. The Kier molecular flexibility index (Phi) is 2.15. The van der Waals surface area contributed by atoms with Crippen molar-refractivity contribution in [3.8, 4) is 0 Å². The van der Waals surface area contributed by atoms with Gasteiger partial charge in [-0.2, -0.15) is 0 Å². The average Bonchev–Trinajstić information content (AvgIpc) is 2.78. The Morgan fingerprint density at radius 2 is 2.27 bits per heavy atom. The molecule has 3 saturated heterocycles. The van der Waals surface area contributed by atoms with E-state index in [9.17, 15) is 4.79 Å². The number of Topliss-reactive ketones (excluding diaryl/α,β-unsaturated/α-hetero) is 1. The van der Waals surface area contributed by atoms with Crippen LogP contribution in [0.1, 0.15) is 39.0 Å². The molecule has 0 spiro atoms. The van der Waals surface area contributed by atoms with Gasteiger partial charge < -0.3 is 9.47 Å².